The number of rotatable bonds is 3. The monoisotopic (exact) mass is 617 g/mol. The van der Waals surface area contributed by atoms with Crippen LogP contribution in [0.4, 0.5) is 11.4 Å². The van der Waals surface area contributed by atoms with Crippen LogP contribution in [0.5, 0.6) is 5.75 Å². The Morgan fingerprint density at radius 2 is 1.27 bits per heavy atom. The Balaban J connectivity index is 1.12. The molecule has 2 heteroatoms. The Hall–Kier alpha value is -5.34. The highest BCUT2D eigenvalue weighted by molar-refractivity contribution is 6.38. The molecule has 0 N–H and O–H groups in total. The quantitative estimate of drug-likeness (QED) is 0.196. The smallest absolute Gasteiger partial charge is 0.120 e. The minimum Gasteiger partial charge on any atom is -0.497 e. The molecule has 48 heavy (non-hydrogen) atoms. The van der Waals surface area contributed by atoms with E-state index in [2.05, 4.69) is 127 Å². The molecule has 2 aliphatic rings. The van der Waals surface area contributed by atoms with Crippen LogP contribution in [0.1, 0.15) is 44.1 Å². The summed E-state index contributed by atoms with van der Waals surface area (Å²) in [5, 5.41) is 16.3. The van der Waals surface area contributed by atoms with Crippen LogP contribution in [0.15, 0.2) is 121 Å². The molecule has 0 aromatic heterocycles. The van der Waals surface area contributed by atoms with Gasteiger partial charge < -0.3 is 9.64 Å². The van der Waals surface area contributed by atoms with E-state index in [0.717, 1.165) is 5.75 Å². The molecular formula is C46H35NO. The predicted octanol–water partition coefficient (Wildman–Crippen LogP) is 12.7. The van der Waals surface area contributed by atoms with E-state index < -0.39 is 0 Å². The first-order valence-electron chi connectivity index (χ1n) is 17.5. The molecule has 9 aromatic carbocycles. The zero-order valence-corrected chi connectivity index (χ0v) is 27.3. The van der Waals surface area contributed by atoms with E-state index in [-0.39, 0.29) is 5.54 Å². The fraction of sp³-hybridized carbons (Fsp3) is 0.174. The molecule has 1 fully saturated rings. The van der Waals surface area contributed by atoms with E-state index in [1.807, 2.05) is 6.07 Å². The van der Waals surface area contributed by atoms with Gasteiger partial charge >= 0.3 is 0 Å². The maximum absolute atomic E-state index is 5.66. The van der Waals surface area contributed by atoms with Crippen LogP contribution in [-0.2, 0) is 0 Å². The van der Waals surface area contributed by atoms with Gasteiger partial charge in [0.2, 0.25) is 0 Å². The number of anilines is 2. The highest BCUT2D eigenvalue weighted by Crippen LogP contribution is 2.58. The zero-order chi connectivity index (χ0) is 31.7. The summed E-state index contributed by atoms with van der Waals surface area (Å²) in [7, 11) is 1.76. The summed E-state index contributed by atoms with van der Waals surface area (Å²) in [6, 6.07) is 46.1. The second-order valence-electron chi connectivity index (χ2n) is 14.5. The average molecular weight is 618 g/mol. The second kappa shape index (κ2) is 9.39. The minimum atomic E-state index is 0.0541. The van der Waals surface area contributed by atoms with Crippen LogP contribution in [0.2, 0.25) is 0 Å². The molecule has 11 rings (SSSR count). The standard InChI is InChI=1S/C46H35NO/c1-46-22-4-3-17-42(46)41-23-28(18-21-43(41)47(46)29-11-7-12-30(24-29)48-2)31-19-20-36-40-26-38-34-14-6-10-27-9-5-13-33(44(27)34)37(38)25-39(40)35-16-8-15-32(31)45(35)36/h5-16,18-21,23-26,42H,3-4,17,22H2,1-2H3. The zero-order valence-electron chi connectivity index (χ0n) is 27.3. The molecule has 0 bridgehead atoms. The fourth-order valence-corrected chi connectivity index (χ4v) is 10.1. The number of methoxy groups -OCH3 is 1. The first-order valence-corrected chi connectivity index (χ1v) is 17.5. The summed E-state index contributed by atoms with van der Waals surface area (Å²) in [5.41, 5.74) is 6.77. The number of hydrogen-bond acceptors (Lipinski definition) is 2. The minimum absolute atomic E-state index is 0.0541. The molecule has 0 amide bonds. The molecule has 230 valence electrons. The van der Waals surface area contributed by atoms with E-state index in [0.29, 0.717) is 5.92 Å². The molecule has 9 aromatic rings. The van der Waals surface area contributed by atoms with E-state index in [1.54, 1.807) is 7.11 Å². The Labute approximate surface area is 279 Å². The van der Waals surface area contributed by atoms with Gasteiger partial charge in [-0.1, -0.05) is 91.7 Å². The highest BCUT2D eigenvalue weighted by Gasteiger charge is 2.49. The van der Waals surface area contributed by atoms with Crippen molar-refractivity contribution in [2.45, 2.75) is 44.1 Å². The molecule has 1 aliphatic heterocycles. The van der Waals surface area contributed by atoms with Crippen LogP contribution in [0, 0.1) is 0 Å². The van der Waals surface area contributed by atoms with Crippen LogP contribution < -0.4 is 9.64 Å². The molecule has 0 spiro atoms. The first-order chi connectivity index (χ1) is 23.6. The summed E-state index contributed by atoms with van der Waals surface area (Å²) in [6.45, 7) is 2.49. The molecule has 2 nitrogen and oxygen atoms in total. The van der Waals surface area contributed by atoms with Crippen molar-refractivity contribution in [2.75, 3.05) is 12.0 Å². The molecular weight excluding hydrogens is 583 g/mol. The Morgan fingerprint density at radius 1 is 0.604 bits per heavy atom. The van der Waals surface area contributed by atoms with Crippen molar-refractivity contribution in [1.29, 1.82) is 0 Å². The third kappa shape index (κ3) is 3.33. The van der Waals surface area contributed by atoms with Crippen molar-refractivity contribution in [3.8, 4) is 16.9 Å². The Bertz CT molecular complexity index is 2670. The lowest BCUT2D eigenvalue weighted by Crippen LogP contribution is -2.45. The topological polar surface area (TPSA) is 12.5 Å². The molecule has 1 heterocycles. The van der Waals surface area contributed by atoms with Gasteiger partial charge in [0.15, 0.2) is 0 Å². The van der Waals surface area contributed by atoms with Crippen molar-refractivity contribution in [2.24, 2.45) is 0 Å². The van der Waals surface area contributed by atoms with E-state index in [4.69, 9.17) is 4.74 Å². The number of hydrogen-bond donors (Lipinski definition) is 0. The van der Waals surface area contributed by atoms with Crippen LogP contribution in [0.25, 0.3) is 75.8 Å². The third-order valence-corrected chi connectivity index (χ3v) is 12.2. The molecule has 2 atom stereocenters. The van der Waals surface area contributed by atoms with E-state index in [9.17, 15) is 0 Å². The molecule has 2 unspecified atom stereocenters. The lowest BCUT2D eigenvalue weighted by atomic mass is 9.72. The maximum atomic E-state index is 5.66. The third-order valence-electron chi connectivity index (χ3n) is 12.2. The molecule has 1 saturated carbocycles. The highest BCUT2D eigenvalue weighted by atomic mass is 16.5. The van der Waals surface area contributed by atoms with E-state index >= 15 is 0 Å². The van der Waals surface area contributed by atoms with Crippen LogP contribution >= 0.6 is 0 Å². The number of benzene rings is 7. The van der Waals surface area contributed by atoms with Crippen molar-refractivity contribution < 1.29 is 4.74 Å². The van der Waals surface area contributed by atoms with E-state index in [1.165, 1.54) is 118 Å². The normalized spacial score (nSPS) is 19.4. The van der Waals surface area contributed by atoms with Crippen molar-refractivity contribution in [1.82, 2.24) is 0 Å². The number of ether oxygens (including phenoxy) is 1. The lowest BCUT2D eigenvalue weighted by molar-refractivity contribution is 0.290. The largest absolute Gasteiger partial charge is 0.497 e. The van der Waals surface area contributed by atoms with Crippen molar-refractivity contribution >= 4 is 76.0 Å². The Kier molecular flexibility index (Phi) is 5.22. The van der Waals surface area contributed by atoms with Gasteiger partial charge in [0.1, 0.15) is 5.75 Å². The van der Waals surface area contributed by atoms with Gasteiger partial charge in [-0.3, -0.25) is 0 Å². The average Bonchev–Trinajstić information content (AvgIpc) is 3.72. The maximum Gasteiger partial charge on any atom is 0.120 e. The van der Waals surface area contributed by atoms with Crippen LogP contribution in [0.3, 0.4) is 0 Å². The van der Waals surface area contributed by atoms with Gasteiger partial charge in [-0.15, -0.1) is 0 Å². The summed E-state index contributed by atoms with van der Waals surface area (Å²) >= 11 is 0. The van der Waals surface area contributed by atoms with Crippen molar-refractivity contribution in [3.63, 3.8) is 0 Å². The Morgan fingerprint density at radius 3 is 2.02 bits per heavy atom. The van der Waals surface area contributed by atoms with Gasteiger partial charge in [0.25, 0.3) is 0 Å². The van der Waals surface area contributed by atoms with Gasteiger partial charge in [-0.2, -0.15) is 0 Å². The summed E-state index contributed by atoms with van der Waals surface area (Å²) < 4.78 is 5.66. The van der Waals surface area contributed by atoms with Crippen LogP contribution in [-0.4, -0.2) is 12.6 Å². The molecule has 1 aliphatic carbocycles. The predicted molar refractivity (Wildman–Crippen MR) is 204 cm³/mol. The lowest BCUT2D eigenvalue weighted by Gasteiger charge is -2.44. The van der Waals surface area contributed by atoms with Gasteiger partial charge in [0.05, 0.1) is 7.11 Å². The number of fused-ring (bicyclic) bond motifs is 9. The summed E-state index contributed by atoms with van der Waals surface area (Å²) in [4.78, 5) is 2.63. The first kappa shape index (κ1) is 26.7. The summed E-state index contributed by atoms with van der Waals surface area (Å²) in [5.74, 6) is 1.41. The SMILES string of the molecule is COc1cccc(N2c3ccc(-c4ccc5c6cc7c(cc6c6cccc4c65)c4cccc5cccc7c54)cc3C3CCCCC32C)c1. The summed E-state index contributed by atoms with van der Waals surface area (Å²) in [6.07, 6.45) is 4.99. The number of nitrogens with zero attached hydrogens (tertiary/aromatic N) is 1. The van der Waals surface area contributed by atoms with Gasteiger partial charge in [0, 0.05) is 28.9 Å². The molecule has 0 saturated heterocycles. The molecule has 0 radical (unpaired) electrons. The van der Waals surface area contributed by atoms with Crippen molar-refractivity contribution in [3.05, 3.63) is 127 Å². The second-order valence-corrected chi connectivity index (χ2v) is 14.5. The van der Waals surface area contributed by atoms with Gasteiger partial charge in [-0.25, -0.2) is 0 Å². The fourth-order valence-electron chi connectivity index (χ4n) is 10.1. The van der Waals surface area contributed by atoms with Gasteiger partial charge in [-0.05, 0) is 137 Å².